The molecule has 0 spiro atoms. The number of hydrogen-bond donors (Lipinski definition) is 0. The van der Waals surface area contributed by atoms with E-state index >= 15 is 0 Å². The maximum Gasteiger partial charge on any atom is 0.341 e. The van der Waals surface area contributed by atoms with Crippen LogP contribution in [0.5, 0.6) is 0 Å². The molecule has 0 aliphatic rings. The number of hydrogen-bond acceptors (Lipinski definition) is 4. The topological polar surface area (TPSA) is 39.2 Å². The maximum atomic E-state index is 13.7. The van der Waals surface area contributed by atoms with Crippen molar-refractivity contribution >= 4 is 27.5 Å². The predicted molar refractivity (Wildman–Crippen MR) is 55.7 cm³/mol. The number of aromatic nitrogens is 1. The van der Waals surface area contributed by atoms with E-state index in [0.717, 1.165) is 0 Å². The molecule has 0 aromatic carbocycles. The van der Waals surface area contributed by atoms with Gasteiger partial charge in [0.05, 0.1) is 12.8 Å². The minimum absolute atomic E-state index is 0.0266. The number of thiophene rings is 1. The molecule has 0 aliphatic heterocycles. The van der Waals surface area contributed by atoms with Gasteiger partial charge in [0.2, 0.25) is 0 Å². The largest absolute Gasteiger partial charge is 0.465 e. The zero-order chi connectivity index (χ0) is 11.0. The lowest BCUT2D eigenvalue weighted by Gasteiger charge is -2.04. The second-order valence-corrected chi connectivity index (χ2v) is 3.91. The highest BCUT2D eigenvalue weighted by Gasteiger charge is 2.20. The first kappa shape index (κ1) is 10.0. The Morgan fingerprint density at radius 2 is 2.33 bits per heavy atom. The van der Waals surface area contributed by atoms with Crippen molar-refractivity contribution in [2.45, 2.75) is 6.92 Å². The van der Waals surface area contributed by atoms with Crippen LogP contribution in [0.3, 0.4) is 0 Å². The van der Waals surface area contributed by atoms with Crippen LogP contribution in [-0.4, -0.2) is 18.1 Å². The maximum absolute atomic E-state index is 13.7. The molecule has 0 saturated heterocycles. The number of rotatable bonds is 1. The molecule has 15 heavy (non-hydrogen) atoms. The van der Waals surface area contributed by atoms with E-state index in [1.807, 2.05) is 0 Å². The molecule has 5 heteroatoms. The highest BCUT2D eigenvalue weighted by molar-refractivity contribution is 7.16. The molecule has 0 bridgehead atoms. The molecule has 2 heterocycles. The quantitative estimate of drug-likeness (QED) is 0.700. The summed E-state index contributed by atoms with van der Waals surface area (Å²) >= 11 is 1.37. The van der Waals surface area contributed by atoms with Crippen LogP contribution in [0.15, 0.2) is 11.4 Å². The van der Waals surface area contributed by atoms with Gasteiger partial charge in [-0.1, -0.05) is 0 Å². The summed E-state index contributed by atoms with van der Waals surface area (Å²) < 4.78 is 18.2. The monoisotopic (exact) mass is 225 g/mol. The van der Waals surface area contributed by atoms with E-state index in [-0.39, 0.29) is 11.3 Å². The summed E-state index contributed by atoms with van der Waals surface area (Å²) in [4.78, 5) is 16.1. The molecule has 0 unspecified atom stereocenters. The van der Waals surface area contributed by atoms with Crippen LogP contribution >= 0.6 is 11.3 Å². The molecule has 2 aromatic rings. The minimum atomic E-state index is -0.665. The Bertz CT molecular complexity index is 535. The van der Waals surface area contributed by atoms with Crippen molar-refractivity contribution < 1.29 is 13.9 Å². The molecule has 2 rings (SSSR count). The van der Waals surface area contributed by atoms with Gasteiger partial charge in [-0.05, 0) is 18.4 Å². The van der Waals surface area contributed by atoms with Gasteiger partial charge >= 0.3 is 5.97 Å². The number of pyridine rings is 1. The van der Waals surface area contributed by atoms with Crippen molar-refractivity contribution in [1.82, 2.24) is 4.98 Å². The number of ether oxygens (including phenoxy) is 1. The van der Waals surface area contributed by atoms with Gasteiger partial charge in [0, 0.05) is 5.39 Å². The molecule has 0 N–H and O–H groups in total. The fraction of sp³-hybridized carbons (Fsp3) is 0.200. The van der Waals surface area contributed by atoms with E-state index in [0.29, 0.717) is 10.2 Å². The standard InChI is InChI=1S/C10H8FNO2S/c1-5-8(11)7(10(13)14-2)6-3-4-15-9(6)12-5/h3-4H,1-2H3. The Hall–Kier alpha value is -1.49. The molecule has 0 radical (unpaired) electrons. The van der Waals surface area contributed by atoms with Crippen LogP contribution in [0.4, 0.5) is 4.39 Å². The Balaban J connectivity index is 2.83. The third-order valence-electron chi connectivity index (χ3n) is 2.11. The van der Waals surface area contributed by atoms with Crippen LogP contribution in [0, 0.1) is 12.7 Å². The third-order valence-corrected chi connectivity index (χ3v) is 2.92. The number of carbonyl (C=O) groups excluding carboxylic acids is 1. The van der Waals surface area contributed by atoms with Gasteiger partial charge in [-0.2, -0.15) is 0 Å². The smallest absolute Gasteiger partial charge is 0.341 e. The molecule has 2 aromatic heterocycles. The number of aryl methyl sites for hydroxylation is 1. The Labute approximate surface area is 89.5 Å². The number of carbonyl (C=O) groups is 1. The van der Waals surface area contributed by atoms with Gasteiger partial charge in [0.25, 0.3) is 0 Å². The van der Waals surface area contributed by atoms with Crippen molar-refractivity contribution in [3.63, 3.8) is 0 Å². The van der Waals surface area contributed by atoms with Gasteiger partial charge in [-0.3, -0.25) is 0 Å². The Morgan fingerprint density at radius 1 is 1.60 bits per heavy atom. The molecule has 0 atom stereocenters. The van der Waals surface area contributed by atoms with E-state index in [1.165, 1.54) is 25.4 Å². The normalized spacial score (nSPS) is 10.6. The van der Waals surface area contributed by atoms with Crippen molar-refractivity contribution in [2.75, 3.05) is 7.11 Å². The number of fused-ring (bicyclic) bond motifs is 1. The average molecular weight is 225 g/mol. The molecular weight excluding hydrogens is 217 g/mol. The van der Waals surface area contributed by atoms with Gasteiger partial charge in [-0.15, -0.1) is 11.3 Å². The second-order valence-electron chi connectivity index (χ2n) is 3.02. The predicted octanol–water partition coefficient (Wildman–Crippen LogP) is 2.53. The van der Waals surface area contributed by atoms with Gasteiger partial charge in [0.15, 0.2) is 5.82 Å². The van der Waals surface area contributed by atoms with Crippen LogP contribution in [0.25, 0.3) is 10.2 Å². The summed E-state index contributed by atoms with van der Waals surface area (Å²) in [6.45, 7) is 1.53. The summed E-state index contributed by atoms with van der Waals surface area (Å²) in [6, 6.07) is 1.67. The fourth-order valence-electron chi connectivity index (χ4n) is 1.38. The summed E-state index contributed by atoms with van der Waals surface area (Å²) in [5.74, 6) is -1.27. The zero-order valence-electron chi connectivity index (χ0n) is 8.20. The molecule has 0 amide bonds. The molecule has 78 valence electrons. The summed E-state index contributed by atoms with van der Waals surface area (Å²) in [5, 5.41) is 2.28. The van der Waals surface area contributed by atoms with Gasteiger partial charge < -0.3 is 4.74 Å². The zero-order valence-corrected chi connectivity index (χ0v) is 9.02. The Morgan fingerprint density at radius 3 is 3.00 bits per heavy atom. The van der Waals surface area contributed by atoms with E-state index in [1.54, 1.807) is 11.4 Å². The lowest BCUT2D eigenvalue weighted by molar-refractivity contribution is 0.0597. The second kappa shape index (κ2) is 3.58. The minimum Gasteiger partial charge on any atom is -0.465 e. The van der Waals surface area contributed by atoms with E-state index in [9.17, 15) is 9.18 Å². The number of methoxy groups -OCH3 is 1. The van der Waals surface area contributed by atoms with Crippen LogP contribution < -0.4 is 0 Å². The number of halogens is 1. The average Bonchev–Trinajstić information content (AvgIpc) is 2.66. The van der Waals surface area contributed by atoms with Crippen molar-refractivity contribution in [3.8, 4) is 0 Å². The number of esters is 1. The van der Waals surface area contributed by atoms with Crippen LogP contribution in [0.1, 0.15) is 16.1 Å². The summed E-state index contributed by atoms with van der Waals surface area (Å²) in [7, 11) is 1.23. The van der Waals surface area contributed by atoms with Crippen molar-refractivity contribution in [2.24, 2.45) is 0 Å². The summed E-state index contributed by atoms with van der Waals surface area (Å²) in [5.41, 5.74) is 0.187. The molecule has 3 nitrogen and oxygen atoms in total. The van der Waals surface area contributed by atoms with Crippen LogP contribution in [0.2, 0.25) is 0 Å². The molecular formula is C10H8FNO2S. The van der Waals surface area contributed by atoms with Gasteiger partial charge in [-0.25, -0.2) is 14.2 Å². The van der Waals surface area contributed by atoms with Crippen LogP contribution in [-0.2, 0) is 4.74 Å². The highest BCUT2D eigenvalue weighted by atomic mass is 32.1. The van der Waals surface area contributed by atoms with Crippen molar-refractivity contribution in [3.05, 3.63) is 28.5 Å². The first-order valence-electron chi connectivity index (χ1n) is 4.26. The van der Waals surface area contributed by atoms with Gasteiger partial charge in [0.1, 0.15) is 10.4 Å². The van der Waals surface area contributed by atoms with Crippen molar-refractivity contribution in [1.29, 1.82) is 0 Å². The lowest BCUT2D eigenvalue weighted by atomic mass is 10.1. The fourth-order valence-corrected chi connectivity index (χ4v) is 2.20. The number of nitrogens with zero attached hydrogens (tertiary/aromatic N) is 1. The lowest BCUT2D eigenvalue weighted by Crippen LogP contribution is -2.07. The molecule has 0 saturated carbocycles. The SMILES string of the molecule is COC(=O)c1c(F)c(C)nc2sccc12. The molecule has 0 fully saturated rings. The first-order chi connectivity index (χ1) is 7.15. The van der Waals surface area contributed by atoms with E-state index in [4.69, 9.17) is 0 Å². The highest BCUT2D eigenvalue weighted by Crippen LogP contribution is 2.26. The summed E-state index contributed by atoms with van der Waals surface area (Å²) in [6.07, 6.45) is 0. The van der Waals surface area contributed by atoms with E-state index < -0.39 is 11.8 Å². The first-order valence-corrected chi connectivity index (χ1v) is 5.14. The van der Waals surface area contributed by atoms with E-state index in [2.05, 4.69) is 9.72 Å². The Kier molecular flexibility index (Phi) is 2.40. The molecule has 0 aliphatic carbocycles. The third kappa shape index (κ3) is 1.48.